The van der Waals surface area contributed by atoms with Crippen LogP contribution in [-0.4, -0.2) is 41.0 Å². The largest absolute Gasteiger partial charge is 0.480 e. The number of nitrogens with one attached hydrogen (secondary N) is 1. The molecule has 0 saturated carbocycles. The summed E-state index contributed by atoms with van der Waals surface area (Å²) < 4.78 is 0. The lowest BCUT2D eigenvalue weighted by atomic mass is 9.99. The Kier molecular flexibility index (Phi) is 3.08. The Labute approximate surface area is 87.2 Å². The number of carboxylic acid groups (broad SMARTS) is 1. The Morgan fingerprint density at radius 3 is 2.79 bits per heavy atom. The predicted molar refractivity (Wildman–Crippen MR) is 56.9 cm³/mol. The van der Waals surface area contributed by atoms with E-state index < -0.39 is 12.0 Å². The van der Waals surface area contributed by atoms with Gasteiger partial charge >= 0.3 is 5.97 Å². The fourth-order valence-corrected chi connectivity index (χ4v) is 3.03. The van der Waals surface area contributed by atoms with E-state index in [9.17, 15) is 4.79 Å². The van der Waals surface area contributed by atoms with Crippen LogP contribution in [0.15, 0.2) is 4.99 Å². The van der Waals surface area contributed by atoms with Crippen LogP contribution in [0.25, 0.3) is 0 Å². The monoisotopic (exact) mass is 214 g/mol. The smallest absolute Gasteiger partial charge is 0.329 e. The molecule has 0 bridgehead atoms. The van der Waals surface area contributed by atoms with E-state index in [4.69, 9.17) is 5.11 Å². The molecule has 1 saturated heterocycles. The highest BCUT2D eigenvalue weighted by molar-refractivity contribution is 8.14. The molecule has 0 aromatic heterocycles. The van der Waals surface area contributed by atoms with Crippen molar-refractivity contribution in [3.05, 3.63) is 0 Å². The Morgan fingerprint density at radius 1 is 1.50 bits per heavy atom. The zero-order valence-corrected chi connectivity index (χ0v) is 8.72. The van der Waals surface area contributed by atoms with Gasteiger partial charge in [-0.15, -0.1) is 11.8 Å². The van der Waals surface area contributed by atoms with Gasteiger partial charge in [-0.2, -0.15) is 0 Å². The first-order valence-corrected chi connectivity index (χ1v) is 5.90. The molecule has 2 aliphatic heterocycles. The van der Waals surface area contributed by atoms with Crippen LogP contribution >= 0.6 is 11.8 Å². The Balaban J connectivity index is 1.97. The van der Waals surface area contributed by atoms with Crippen LogP contribution in [0.5, 0.6) is 0 Å². The standard InChI is InChI=1S/C9H14N2O2S/c12-9(13)7-5-14-8(11-7)6-1-3-10-4-2-6/h6-7,10H,1-5H2,(H,12,13). The van der Waals surface area contributed by atoms with Crippen molar-refractivity contribution in [1.82, 2.24) is 5.32 Å². The second kappa shape index (κ2) is 4.31. The van der Waals surface area contributed by atoms with Crippen molar-refractivity contribution in [3.8, 4) is 0 Å². The van der Waals surface area contributed by atoms with Crippen molar-refractivity contribution in [3.63, 3.8) is 0 Å². The number of aliphatic imine (C=N–C) groups is 1. The van der Waals surface area contributed by atoms with Crippen LogP contribution in [0.1, 0.15) is 12.8 Å². The molecule has 0 amide bonds. The molecular weight excluding hydrogens is 200 g/mol. The third-order valence-electron chi connectivity index (χ3n) is 2.65. The van der Waals surface area contributed by atoms with Crippen molar-refractivity contribution in [2.75, 3.05) is 18.8 Å². The van der Waals surface area contributed by atoms with E-state index in [0.717, 1.165) is 31.0 Å². The Morgan fingerprint density at radius 2 is 2.21 bits per heavy atom. The number of piperidine rings is 1. The minimum Gasteiger partial charge on any atom is -0.480 e. The molecule has 1 fully saturated rings. The summed E-state index contributed by atoms with van der Waals surface area (Å²) in [6.45, 7) is 2.06. The number of rotatable bonds is 2. The zero-order valence-electron chi connectivity index (χ0n) is 7.90. The van der Waals surface area contributed by atoms with Crippen LogP contribution < -0.4 is 5.32 Å². The third-order valence-corrected chi connectivity index (χ3v) is 3.86. The fourth-order valence-electron chi connectivity index (χ4n) is 1.81. The van der Waals surface area contributed by atoms with Crippen molar-refractivity contribution < 1.29 is 9.90 Å². The highest BCUT2D eigenvalue weighted by atomic mass is 32.2. The maximum Gasteiger partial charge on any atom is 0.329 e. The Bertz CT molecular complexity index is 262. The SMILES string of the molecule is O=C(O)C1CSC(C2CCNCC2)=N1. The minimum atomic E-state index is -0.790. The lowest BCUT2D eigenvalue weighted by Crippen LogP contribution is -2.30. The summed E-state index contributed by atoms with van der Waals surface area (Å²) in [5.41, 5.74) is 0. The number of aliphatic carboxylic acids is 1. The highest BCUT2D eigenvalue weighted by Crippen LogP contribution is 2.28. The lowest BCUT2D eigenvalue weighted by molar-refractivity contribution is -0.137. The van der Waals surface area contributed by atoms with Crippen LogP contribution in [0.3, 0.4) is 0 Å². The first kappa shape index (κ1) is 9.98. The lowest BCUT2D eigenvalue weighted by Gasteiger charge is -2.21. The predicted octanol–water partition coefficient (Wildman–Crippen LogP) is 0.585. The van der Waals surface area contributed by atoms with Gasteiger partial charge in [0.25, 0.3) is 0 Å². The average molecular weight is 214 g/mol. The number of thioether (sulfide) groups is 1. The van der Waals surface area contributed by atoms with E-state index >= 15 is 0 Å². The molecule has 78 valence electrons. The van der Waals surface area contributed by atoms with Crippen LogP contribution in [0.2, 0.25) is 0 Å². The van der Waals surface area contributed by atoms with Gasteiger partial charge in [-0.1, -0.05) is 0 Å². The van der Waals surface area contributed by atoms with Gasteiger partial charge in [-0.05, 0) is 25.9 Å². The van der Waals surface area contributed by atoms with Gasteiger partial charge < -0.3 is 10.4 Å². The zero-order chi connectivity index (χ0) is 9.97. The quantitative estimate of drug-likeness (QED) is 0.706. The Hall–Kier alpha value is -0.550. The number of carbonyl (C=O) groups is 1. The highest BCUT2D eigenvalue weighted by Gasteiger charge is 2.29. The number of nitrogens with zero attached hydrogens (tertiary/aromatic N) is 1. The van der Waals surface area contributed by atoms with Gasteiger partial charge in [0, 0.05) is 11.7 Å². The summed E-state index contributed by atoms with van der Waals surface area (Å²) in [5.74, 6) is 0.334. The first-order valence-electron chi connectivity index (χ1n) is 4.91. The van der Waals surface area contributed by atoms with Crippen LogP contribution in [-0.2, 0) is 4.79 Å². The summed E-state index contributed by atoms with van der Waals surface area (Å²) in [4.78, 5) is 15.0. The molecule has 1 atom stereocenters. The third kappa shape index (κ3) is 2.09. The van der Waals surface area contributed by atoms with Crippen molar-refractivity contribution in [2.45, 2.75) is 18.9 Å². The van der Waals surface area contributed by atoms with Gasteiger partial charge in [0.15, 0.2) is 6.04 Å². The second-order valence-electron chi connectivity index (χ2n) is 3.66. The maximum absolute atomic E-state index is 10.7. The minimum absolute atomic E-state index is 0.495. The van der Waals surface area contributed by atoms with E-state index in [2.05, 4.69) is 10.3 Å². The van der Waals surface area contributed by atoms with Crippen molar-refractivity contribution >= 4 is 22.8 Å². The number of hydrogen-bond donors (Lipinski definition) is 2. The molecule has 4 nitrogen and oxygen atoms in total. The fraction of sp³-hybridized carbons (Fsp3) is 0.778. The summed E-state index contributed by atoms with van der Waals surface area (Å²) >= 11 is 1.63. The number of carboxylic acids is 1. The van der Waals surface area contributed by atoms with Gasteiger partial charge in [-0.3, -0.25) is 4.99 Å². The maximum atomic E-state index is 10.7. The van der Waals surface area contributed by atoms with E-state index in [-0.39, 0.29) is 0 Å². The van der Waals surface area contributed by atoms with Crippen molar-refractivity contribution in [1.29, 1.82) is 0 Å². The molecule has 5 heteroatoms. The van der Waals surface area contributed by atoms with Crippen molar-refractivity contribution in [2.24, 2.45) is 10.9 Å². The molecule has 14 heavy (non-hydrogen) atoms. The molecule has 0 aromatic rings. The average Bonchev–Trinajstić information content (AvgIpc) is 2.68. The molecule has 2 rings (SSSR count). The first-order chi connectivity index (χ1) is 6.77. The summed E-state index contributed by atoms with van der Waals surface area (Å²) in [7, 11) is 0. The van der Waals surface area contributed by atoms with Gasteiger partial charge in [0.05, 0.1) is 5.04 Å². The van der Waals surface area contributed by atoms with Gasteiger partial charge in [0.2, 0.25) is 0 Å². The normalized spacial score (nSPS) is 28.9. The topological polar surface area (TPSA) is 61.7 Å². The van der Waals surface area contributed by atoms with E-state index in [1.54, 1.807) is 11.8 Å². The van der Waals surface area contributed by atoms with Gasteiger partial charge in [0.1, 0.15) is 0 Å². The summed E-state index contributed by atoms with van der Waals surface area (Å²) in [6, 6.07) is -0.495. The molecule has 0 aliphatic carbocycles. The molecule has 2 N–H and O–H groups in total. The number of hydrogen-bond acceptors (Lipinski definition) is 4. The second-order valence-corrected chi connectivity index (χ2v) is 4.70. The van der Waals surface area contributed by atoms with Crippen LogP contribution in [0, 0.1) is 5.92 Å². The molecule has 2 aliphatic rings. The van der Waals surface area contributed by atoms with E-state index in [1.807, 2.05) is 0 Å². The van der Waals surface area contributed by atoms with E-state index in [0.29, 0.717) is 11.7 Å². The van der Waals surface area contributed by atoms with Gasteiger partial charge in [-0.25, -0.2) is 4.79 Å². The molecule has 1 unspecified atom stereocenters. The molecule has 0 aromatic carbocycles. The van der Waals surface area contributed by atoms with E-state index in [1.165, 1.54) is 0 Å². The molecule has 2 heterocycles. The molecular formula is C9H14N2O2S. The van der Waals surface area contributed by atoms with Crippen LogP contribution in [0.4, 0.5) is 0 Å². The summed E-state index contributed by atoms with van der Waals surface area (Å²) in [6.07, 6.45) is 2.19. The molecule has 0 spiro atoms. The molecule has 0 radical (unpaired) electrons. The summed E-state index contributed by atoms with van der Waals surface area (Å²) in [5, 5.41) is 13.2.